The molecule has 6 rings (SSSR count). The van der Waals surface area contributed by atoms with Crippen molar-refractivity contribution in [2.45, 2.75) is 26.1 Å². The van der Waals surface area contributed by atoms with Crippen molar-refractivity contribution in [3.63, 3.8) is 0 Å². The third kappa shape index (κ3) is 9.94. The van der Waals surface area contributed by atoms with Gasteiger partial charge in [-0.25, -0.2) is 0 Å². The summed E-state index contributed by atoms with van der Waals surface area (Å²) in [6.07, 6.45) is -8.73. The quantitative estimate of drug-likeness (QED) is 0.112. The fourth-order valence-corrected chi connectivity index (χ4v) is 9.22. The Labute approximate surface area is 370 Å². The summed E-state index contributed by atoms with van der Waals surface area (Å²) in [6.45, 7) is 2.11. The lowest BCUT2D eigenvalue weighted by molar-refractivity contribution is -0.276. The second-order valence-corrected chi connectivity index (χ2v) is 17.4. The average Bonchev–Trinajstić information content (AvgIpc) is 3.10. The Kier molecular flexibility index (Phi) is 12.9. The largest absolute Gasteiger partial charge is 0.573 e. The number of halogens is 11. The van der Waals surface area contributed by atoms with Gasteiger partial charge in [-0.3, -0.25) is 0 Å². The summed E-state index contributed by atoms with van der Waals surface area (Å²) in [7, 11) is 0. The molecule has 0 N–H and O–H groups in total. The highest BCUT2D eigenvalue weighted by molar-refractivity contribution is 14.1. The molecule has 6 aromatic rings. The number of ether oxygens (including phenoxy) is 2. The lowest BCUT2D eigenvalue weighted by Crippen LogP contribution is -2.17. The summed E-state index contributed by atoms with van der Waals surface area (Å²) < 4.78 is 88.6. The molecule has 0 aliphatic heterocycles. The molecule has 0 bridgehead atoms. The van der Waals surface area contributed by atoms with Gasteiger partial charge in [0, 0.05) is 10.7 Å². The van der Waals surface area contributed by atoms with E-state index < -0.39 is 12.7 Å². The summed E-state index contributed by atoms with van der Waals surface area (Å²) in [5, 5.41) is 0. The Morgan fingerprint density at radius 3 is 1.25 bits per heavy atom. The predicted molar refractivity (Wildman–Crippen MR) is 239 cm³/mol. The predicted octanol–water partition coefficient (Wildman–Crippen LogP) is 15.1. The van der Waals surface area contributed by atoms with Gasteiger partial charge in [0.05, 0.1) is 7.14 Å². The molecule has 272 valence electrons. The molecule has 13 heteroatoms. The molecule has 53 heavy (non-hydrogen) atoms. The molecule has 0 unspecified atom stereocenters. The molecule has 0 amide bonds. The molecule has 2 nitrogen and oxygen atoms in total. The fourth-order valence-electron chi connectivity index (χ4n) is 5.80. The number of alkyl halides is 6. The van der Waals surface area contributed by atoms with E-state index in [0.717, 1.165) is 60.1 Å². The van der Waals surface area contributed by atoms with Gasteiger partial charge in [0.15, 0.2) is 0 Å². The standard InChI is InChI=1S/C40H23F6I5O2/c1-21-30(24-6-2-22(3-7-24)26-12-16-34(32(47)19-26)52-39(41,42)43)14-10-28(36(21)49)18-29-11-15-31(38(51)37(29)50)25-8-4-23(5-9-25)27-13-17-35(33(48)20-27)53-40(44,45)46/h2-17,19-20H,18H2,1H3. The molecule has 0 radical (unpaired) electrons. The second kappa shape index (κ2) is 16.7. The van der Waals surface area contributed by atoms with Gasteiger partial charge in [0.1, 0.15) is 11.5 Å². The van der Waals surface area contributed by atoms with Gasteiger partial charge in [0.25, 0.3) is 0 Å². The van der Waals surface area contributed by atoms with E-state index in [-0.39, 0.29) is 11.5 Å². The first-order chi connectivity index (χ1) is 25.0. The van der Waals surface area contributed by atoms with Crippen molar-refractivity contribution >= 4 is 113 Å². The minimum Gasteiger partial charge on any atom is -0.405 e. The van der Waals surface area contributed by atoms with E-state index in [4.69, 9.17) is 0 Å². The Hall–Kier alpha value is -1.85. The maximum Gasteiger partial charge on any atom is 0.573 e. The van der Waals surface area contributed by atoms with Crippen molar-refractivity contribution in [3.8, 4) is 56.0 Å². The summed E-state index contributed by atoms with van der Waals surface area (Å²) in [5.41, 5.74) is 11.2. The third-order valence-corrected chi connectivity index (χ3v) is 15.0. The van der Waals surface area contributed by atoms with Crippen molar-refractivity contribution in [3.05, 3.63) is 144 Å². The van der Waals surface area contributed by atoms with Gasteiger partial charge >= 0.3 is 12.7 Å². The van der Waals surface area contributed by atoms with Gasteiger partial charge in [-0.05, 0) is 212 Å². The van der Waals surface area contributed by atoms with Gasteiger partial charge in [-0.1, -0.05) is 84.9 Å². The van der Waals surface area contributed by atoms with E-state index in [1.807, 2.05) is 93.7 Å². The minimum absolute atomic E-state index is 0.222. The summed E-state index contributed by atoms with van der Waals surface area (Å²) in [5.74, 6) is -0.445. The lowest BCUT2D eigenvalue weighted by Gasteiger charge is -2.16. The van der Waals surface area contributed by atoms with E-state index in [0.29, 0.717) is 7.14 Å². The maximum absolute atomic E-state index is 12.7. The van der Waals surface area contributed by atoms with Crippen LogP contribution in [0.25, 0.3) is 44.5 Å². The molecule has 0 saturated carbocycles. The number of benzene rings is 6. The lowest BCUT2D eigenvalue weighted by atomic mass is 9.94. The Balaban J connectivity index is 1.17. The summed E-state index contributed by atoms with van der Waals surface area (Å²) in [4.78, 5) is 0. The Morgan fingerprint density at radius 2 is 0.811 bits per heavy atom. The maximum atomic E-state index is 12.7. The highest BCUT2D eigenvalue weighted by Crippen LogP contribution is 2.38. The first kappa shape index (κ1) is 40.8. The van der Waals surface area contributed by atoms with Crippen LogP contribution in [-0.2, 0) is 6.42 Å². The van der Waals surface area contributed by atoms with Crippen LogP contribution in [-0.4, -0.2) is 12.7 Å². The van der Waals surface area contributed by atoms with Gasteiger partial charge in [-0.2, -0.15) is 0 Å². The van der Waals surface area contributed by atoms with Crippen molar-refractivity contribution in [2.75, 3.05) is 0 Å². The number of rotatable bonds is 8. The molecule has 0 fully saturated rings. The Morgan fingerprint density at radius 1 is 0.434 bits per heavy atom. The smallest absolute Gasteiger partial charge is 0.405 e. The topological polar surface area (TPSA) is 18.5 Å². The fraction of sp³-hybridized carbons (Fsp3) is 0.100. The van der Waals surface area contributed by atoms with Crippen molar-refractivity contribution < 1.29 is 35.8 Å². The molecule has 0 aromatic heterocycles. The molecule has 6 aromatic carbocycles. The highest BCUT2D eigenvalue weighted by Gasteiger charge is 2.33. The van der Waals surface area contributed by atoms with Crippen LogP contribution in [0.1, 0.15) is 16.7 Å². The molecule has 0 aliphatic carbocycles. The molecule has 0 heterocycles. The van der Waals surface area contributed by atoms with Crippen LogP contribution in [0, 0.1) is 24.8 Å². The summed E-state index contributed by atoms with van der Waals surface area (Å²) in [6, 6.07) is 33.9. The SMILES string of the molecule is Cc1c(-c2ccc(-c3ccc(OC(F)(F)F)c(I)c3)cc2)ccc(Cc2ccc(-c3ccc(-c4ccc(OC(F)(F)F)c(I)c4)cc3)c(I)c2I)c1I. The second-order valence-electron chi connectivity index (χ2n) is 11.8. The number of hydrogen-bond acceptors (Lipinski definition) is 2. The zero-order chi connectivity index (χ0) is 38.2. The zero-order valence-corrected chi connectivity index (χ0v) is 37.9. The van der Waals surface area contributed by atoms with Crippen LogP contribution in [0.5, 0.6) is 11.5 Å². The molecular weight excluding hydrogens is 1260 g/mol. The van der Waals surface area contributed by atoms with Gasteiger partial charge in [0.2, 0.25) is 0 Å². The van der Waals surface area contributed by atoms with Gasteiger partial charge < -0.3 is 9.47 Å². The monoisotopic (exact) mass is 1280 g/mol. The van der Waals surface area contributed by atoms with E-state index in [1.54, 1.807) is 24.3 Å². The van der Waals surface area contributed by atoms with E-state index >= 15 is 0 Å². The van der Waals surface area contributed by atoms with Crippen molar-refractivity contribution in [1.29, 1.82) is 0 Å². The first-order valence-corrected chi connectivity index (χ1v) is 20.9. The molecule has 0 saturated heterocycles. The highest BCUT2D eigenvalue weighted by atomic mass is 127. The van der Waals surface area contributed by atoms with Crippen molar-refractivity contribution in [1.82, 2.24) is 0 Å². The normalized spacial score (nSPS) is 11.8. The number of hydrogen-bond donors (Lipinski definition) is 0. The van der Waals surface area contributed by atoms with E-state index in [2.05, 4.69) is 108 Å². The molecular formula is C40H23F6I5O2. The summed E-state index contributed by atoms with van der Waals surface area (Å²) >= 11 is 10.9. The van der Waals surface area contributed by atoms with Crippen molar-refractivity contribution in [2.24, 2.45) is 0 Å². The van der Waals surface area contributed by atoms with E-state index in [9.17, 15) is 26.3 Å². The van der Waals surface area contributed by atoms with Gasteiger partial charge in [-0.15, -0.1) is 26.3 Å². The van der Waals surface area contributed by atoms with Crippen LogP contribution < -0.4 is 9.47 Å². The van der Waals surface area contributed by atoms with Crippen LogP contribution in [0.15, 0.2) is 109 Å². The average molecular weight is 1280 g/mol. The minimum atomic E-state index is -4.74. The first-order valence-electron chi connectivity index (χ1n) is 15.5. The molecule has 0 atom stereocenters. The molecule has 0 aliphatic rings. The molecule has 0 spiro atoms. The third-order valence-electron chi connectivity index (χ3n) is 8.38. The van der Waals surface area contributed by atoms with Crippen LogP contribution in [0.4, 0.5) is 26.3 Å². The Bertz CT molecular complexity index is 2140. The zero-order valence-electron chi connectivity index (χ0n) is 27.1. The van der Waals surface area contributed by atoms with Crippen LogP contribution in [0.2, 0.25) is 0 Å². The van der Waals surface area contributed by atoms with Crippen LogP contribution in [0.3, 0.4) is 0 Å². The van der Waals surface area contributed by atoms with E-state index in [1.165, 1.54) is 30.4 Å². The van der Waals surface area contributed by atoms with Crippen LogP contribution >= 0.6 is 113 Å².